The Morgan fingerprint density at radius 1 is 1.33 bits per heavy atom. The summed E-state index contributed by atoms with van der Waals surface area (Å²) in [6.45, 7) is 1.52. The average Bonchev–Trinajstić information content (AvgIpc) is 2.62. The van der Waals surface area contributed by atoms with E-state index in [2.05, 4.69) is 0 Å². The van der Waals surface area contributed by atoms with E-state index in [1.165, 1.54) is 30.5 Å². The number of aromatic nitrogens is 1. The lowest BCUT2D eigenvalue weighted by molar-refractivity contribution is 0.185. The Hall–Kier alpha value is -1.13. The Labute approximate surface area is 108 Å². The maximum absolute atomic E-state index is 12.3. The fourth-order valence-corrected chi connectivity index (χ4v) is 2.69. The van der Waals surface area contributed by atoms with Crippen LogP contribution in [0.4, 0.5) is 0 Å². The highest BCUT2D eigenvalue weighted by atomic mass is 16.5. The number of nitrogens with two attached hydrogens (primary N) is 1. The van der Waals surface area contributed by atoms with Gasteiger partial charge in [-0.25, -0.2) is 0 Å². The van der Waals surface area contributed by atoms with E-state index in [4.69, 9.17) is 10.5 Å². The lowest BCUT2D eigenvalue weighted by atomic mass is 10.1. The highest BCUT2D eigenvalue weighted by molar-refractivity contribution is 5.28. The molecule has 4 heteroatoms. The maximum atomic E-state index is 12.3. The van der Waals surface area contributed by atoms with Crippen LogP contribution < -0.4 is 11.3 Å². The molecule has 0 fully saturated rings. The molecule has 4 nitrogen and oxygen atoms in total. The summed E-state index contributed by atoms with van der Waals surface area (Å²) in [6, 6.07) is 2.02. The molecule has 18 heavy (non-hydrogen) atoms. The monoisotopic (exact) mass is 250 g/mol. The van der Waals surface area contributed by atoms with Crippen molar-refractivity contribution in [2.24, 2.45) is 5.73 Å². The minimum Gasteiger partial charge on any atom is -0.383 e. The number of fused-ring (bicyclic) bond motifs is 1. The number of methoxy groups -OCH3 is 1. The minimum absolute atomic E-state index is 0.0650. The molecule has 0 aliphatic heterocycles. The van der Waals surface area contributed by atoms with Crippen LogP contribution in [-0.2, 0) is 30.7 Å². The van der Waals surface area contributed by atoms with Crippen LogP contribution in [0.25, 0.3) is 0 Å². The fourth-order valence-electron chi connectivity index (χ4n) is 2.69. The molecule has 2 rings (SSSR count). The molecule has 1 aromatic heterocycles. The second kappa shape index (κ2) is 6.16. The average molecular weight is 250 g/mol. The number of ether oxygens (including phenoxy) is 1. The second-order valence-corrected chi connectivity index (χ2v) is 4.86. The first-order valence-corrected chi connectivity index (χ1v) is 6.71. The third-order valence-corrected chi connectivity index (χ3v) is 3.66. The van der Waals surface area contributed by atoms with Gasteiger partial charge < -0.3 is 15.0 Å². The molecular formula is C14H22N2O2. The van der Waals surface area contributed by atoms with E-state index in [9.17, 15) is 4.79 Å². The van der Waals surface area contributed by atoms with Crippen LogP contribution in [0.2, 0.25) is 0 Å². The fraction of sp³-hybridized carbons (Fsp3) is 0.643. The number of aryl methyl sites for hydroxylation is 1. The molecule has 1 aliphatic rings. The third kappa shape index (κ3) is 2.65. The van der Waals surface area contributed by atoms with Crippen molar-refractivity contribution < 1.29 is 4.74 Å². The van der Waals surface area contributed by atoms with Gasteiger partial charge in [0.05, 0.1) is 6.61 Å². The molecule has 0 spiro atoms. The van der Waals surface area contributed by atoms with Gasteiger partial charge in [-0.1, -0.05) is 6.42 Å². The van der Waals surface area contributed by atoms with Crippen molar-refractivity contribution in [3.05, 3.63) is 33.2 Å². The van der Waals surface area contributed by atoms with Crippen LogP contribution in [0.1, 0.15) is 36.1 Å². The molecule has 0 radical (unpaired) electrons. The molecule has 1 aliphatic carbocycles. The molecule has 0 atom stereocenters. The minimum atomic E-state index is 0.0650. The molecule has 100 valence electrons. The predicted octanol–water partition coefficient (Wildman–Crippen LogP) is 1.22. The van der Waals surface area contributed by atoms with E-state index in [1.54, 1.807) is 7.11 Å². The first-order chi connectivity index (χ1) is 8.77. The van der Waals surface area contributed by atoms with E-state index in [1.807, 2.05) is 10.6 Å². The first kappa shape index (κ1) is 13.3. The molecule has 0 bridgehead atoms. The summed E-state index contributed by atoms with van der Waals surface area (Å²) in [7, 11) is 1.66. The zero-order valence-electron chi connectivity index (χ0n) is 11.1. The molecule has 1 heterocycles. The molecule has 0 unspecified atom stereocenters. The number of hydrogen-bond donors (Lipinski definition) is 1. The maximum Gasteiger partial charge on any atom is 0.255 e. The van der Waals surface area contributed by atoms with E-state index in [0.29, 0.717) is 19.7 Å². The van der Waals surface area contributed by atoms with E-state index < -0.39 is 0 Å². The number of pyridine rings is 1. The molecule has 0 aromatic carbocycles. The Bertz CT molecular complexity index is 466. The number of rotatable bonds is 4. The van der Waals surface area contributed by atoms with Crippen molar-refractivity contribution >= 4 is 0 Å². The zero-order valence-corrected chi connectivity index (χ0v) is 11.1. The summed E-state index contributed by atoms with van der Waals surface area (Å²) in [5.41, 5.74) is 8.98. The molecule has 1 aromatic rings. The lowest BCUT2D eigenvalue weighted by Crippen LogP contribution is -2.30. The van der Waals surface area contributed by atoms with E-state index >= 15 is 0 Å². The van der Waals surface area contributed by atoms with Crippen molar-refractivity contribution in [3.8, 4) is 0 Å². The van der Waals surface area contributed by atoms with Crippen molar-refractivity contribution in [2.45, 2.75) is 45.2 Å². The van der Waals surface area contributed by atoms with Crippen LogP contribution in [0.3, 0.4) is 0 Å². The van der Waals surface area contributed by atoms with Crippen LogP contribution in [0.5, 0.6) is 0 Å². The molecule has 2 N–H and O–H groups in total. The van der Waals surface area contributed by atoms with Gasteiger partial charge >= 0.3 is 0 Å². The number of nitrogens with zero attached hydrogens (tertiary/aromatic N) is 1. The van der Waals surface area contributed by atoms with Crippen LogP contribution in [0, 0.1) is 0 Å². The number of hydrogen-bond acceptors (Lipinski definition) is 3. The quantitative estimate of drug-likeness (QED) is 0.817. The largest absolute Gasteiger partial charge is 0.383 e. The lowest BCUT2D eigenvalue weighted by Gasteiger charge is -2.17. The van der Waals surface area contributed by atoms with Gasteiger partial charge in [-0.15, -0.1) is 0 Å². The van der Waals surface area contributed by atoms with Gasteiger partial charge in [0.1, 0.15) is 0 Å². The second-order valence-electron chi connectivity index (χ2n) is 4.86. The van der Waals surface area contributed by atoms with Gasteiger partial charge in [0.25, 0.3) is 5.56 Å². The Morgan fingerprint density at radius 2 is 2.11 bits per heavy atom. The molecule has 0 saturated carbocycles. The Morgan fingerprint density at radius 3 is 2.83 bits per heavy atom. The summed E-state index contributed by atoms with van der Waals surface area (Å²) in [4.78, 5) is 12.3. The summed E-state index contributed by atoms with van der Waals surface area (Å²) in [5, 5.41) is 0. The standard InChI is InChI=1S/C14H22N2O2/c1-18-8-7-16-13-6-4-2-3-5-11(13)9-12(10-15)14(16)17/h9H,2-8,10,15H2,1H3. The van der Waals surface area contributed by atoms with Gasteiger partial charge in [-0.05, 0) is 37.3 Å². The highest BCUT2D eigenvalue weighted by Crippen LogP contribution is 2.20. The summed E-state index contributed by atoms with van der Waals surface area (Å²) in [6.07, 6.45) is 5.68. The zero-order chi connectivity index (χ0) is 13.0. The summed E-state index contributed by atoms with van der Waals surface area (Å²) >= 11 is 0. The van der Waals surface area contributed by atoms with Crippen molar-refractivity contribution in [1.82, 2.24) is 4.57 Å². The Kier molecular flexibility index (Phi) is 4.55. The topological polar surface area (TPSA) is 57.2 Å². The normalized spacial score (nSPS) is 15.2. The molecule has 0 amide bonds. The predicted molar refractivity (Wildman–Crippen MR) is 71.7 cm³/mol. The van der Waals surface area contributed by atoms with Gasteiger partial charge in [-0.2, -0.15) is 0 Å². The van der Waals surface area contributed by atoms with Crippen molar-refractivity contribution in [3.63, 3.8) is 0 Å². The molecular weight excluding hydrogens is 228 g/mol. The van der Waals surface area contributed by atoms with Gasteiger partial charge in [0.2, 0.25) is 0 Å². The third-order valence-electron chi connectivity index (χ3n) is 3.66. The first-order valence-electron chi connectivity index (χ1n) is 6.71. The van der Waals surface area contributed by atoms with Crippen molar-refractivity contribution in [2.75, 3.05) is 13.7 Å². The van der Waals surface area contributed by atoms with Gasteiger partial charge in [0.15, 0.2) is 0 Å². The summed E-state index contributed by atoms with van der Waals surface area (Å²) in [5.74, 6) is 0. The van der Waals surface area contributed by atoms with Gasteiger partial charge in [-0.3, -0.25) is 4.79 Å². The molecule has 0 saturated heterocycles. The SMILES string of the molecule is COCCn1c2c(cc(CN)c1=O)CCCCC2. The van der Waals surface area contributed by atoms with Crippen LogP contribution in [0.15, 0.2) is 10.9 Å². The van der Waals surface area contributed by atoms with E-state index in [-0.39, 0.29) is 5.56 Å². The van der Waals surface area contributed by atoms with Gasteiger partial charge in [0, 0.05) is 31.5 Å². The smallest absolute Gasteiger partial charge is 0.255 e. The van der Waals surface area contributed by atoms with E-state index in [0.717, 1.165) is 18.4 Å². The summed E-state index contributed by atoms with van der Waals surface area (Å²) < 4.78 is 6.99. The Balaban J connectivity index is 2.48. The van der Waals surface area contributed by atoms with Crippen LogP contribution >= 0.6 is 0 Å². The highest BCUT2D eigenvalue weighted by Gasteiger charge is 2.15. The van der Waals surface area contributed by atoms with Crippen molar-refractivity contribution in [1.29, 1.82) is 0 Å². The van der Waals surface area contributed by atoms with Crippen LogP contribution in [-0.4, -0.2) is 18.3 Å².